The molecule has 3 rings (SSSR count). The first kappa shape index (κ1) is 12.7. The van der Waals surface area contributed by atoms with Gasteiger partial charge in [-0.3, -0.25) is 4.79 Å². The number of aliphatic hydroxyl groups is 1. The van der Waals surface area contributed by atoms with E-state index in [0.717, 1.165) is 37.8 Å². The van der Waals surface area contributed by atoms with E-state index in [-0.39, 0.29) is 17.4 Å². The second-order valence-electron chi connectivity index (χ2n) is 6.13. The molecule has 1 N–H and O–H groups in total. The molecule has 0 unspecified atom stereocenters. The zero-order valence-corrected chi connectivity index (χ0v) is 11.4. The molecule has 0 aliphatic heterocycles. The Morgan fingerprint density at radius 3 is 2.47 bits per heavy atom. The van der Waals surface area contributed by atoms with Gasteiger partial charge in [0.2, 0.25) is 5.91 Å². The summed E-state index contributed by atoms with van der Waals surface area (Å²) in [6, 6.07) is 10.1. The molecule has 0 aromatic heterocycles. The average Bonchev–Trinajstić information content (AvgIpc) is 3.18. The summed E-state index contributed by atoms with van der Waals surface area (Å²) in [6.45, 7) is 0.782. The quantitative estimate of drug-likeness (QED) is 0.898. The van der Waals surface area contributed by atoms with Crippen molar-refractivity contribution in [3.8, 4) is 0 Å². The lowest BCUT2D eigenvalue weighted by Gasteiger charge is -2.35. The first-order valence-corrected chi connectivity index (χ1v) is 7.11. The van der Waals surface area contributed by atoms with Gasteiger partial charge in [-0.2, -0.15) is 0 Å². The molecule has 19 heavy (non-hydrogen) atoms. The molecule has 2 aliphatic carbocycles. The van der Waals surface area contributed by atoms with Crippen molar-refractivity contribution in [1.82, 2.24) is 4.90 Å². The largest absolute Gasteiger partial charge is 0.393 e. The van der Waals surface area contributed by atoms with E-state index in [9.17, 15) is 9.90 Å². The summed E-state index contributed by atoms with van der Waals surface area (Å²) >= 11 is 0. The number of rotatable bonds is 4. The molecular weight excluding hydrogens is 238 g/mol. The second kappa shape index (κ2) is 4.64. The van der Waals surface area contributed by atoms with Gasteiger partial charge in [0.1, 0.15) is 0 Å². The molecule has 3 heteroatoms. The maximum atomic E-state index is 12.6. The van der Waals surface area contributed by atoms with Gasteiger partial charge < -0.3 is 10.0 Å². The molecule has 1 aromatic carbocycles. The van der Waals surface area contributed by atoms with E-state index in [0.29, 0.717) is 5.92 Å². The minimum Gasteiger partial charge on any atom is -0.393 e. The Morgan fingerprint density at radius 2 is 1.95 bits per heavy atom. The number of likely N-dealkylation sites (N-methyl/N-ethyl adjacent to an activating group) is 1. The van der Waals surface area contributed by atoms with Crippen molar-refractivity contribution in [1.29, 1.82) is 0 Å². The number of carbonyl (C=O) groups is 1. The van der Waals surface area contributed by atoms with Crippen LogP contribution in [0.15, 0.2) is 30.3 Å². The van der Waals surface area contributed by atoms with E-state index in [1.165, 1.54) is 0 Å². The lowest BCUT2D eigenvalue weighted by Crippen LogP contribution is -2.43. The first-order chi connectivity index (χ1) is 9.12. The van der Waals surface area contributed by atoms with Crippen molar-refractivity contribution in [2.45, 2.75) is 37.2 Å². The summed E-state index contributed by atoms with van der Waals surface area (Å²) in [4.78, 5) is 14.5. The standard InChI is InChI=1S/C16H21NO2/c1-17(11-12-9-14(18)10-12)15(19)16(7-8-16)13-5-3-2-4-6-13/h2-6,12,14,18H,7-11H2,1H3. The van der Waals surface area contributed by atoms with Crippen molar-refractivity contribution < 1.29 is 9.90 Å². The molecule has 3 nitrogen and oxygen atoms in total. The van der Waals surface area contributed by atoms with Gasteiger partial charge >= 0.3 is 0 Å². The van der Waals surface area contributed by atoms with E-state index in [1.54, 1.807) is 0 Å². The van der Waals surface area contributed by atoms with Crippen molar-refractivity contribution in [3.05, 3.63) is 35.9 Å². The predicted molar refractivity (Wildman–Crippen MR) is 73.7 cm³/mol. The van der Waals surface area contributed by atoms with E-state index in [1.807, 2.05) is 30.1 Å². The molecule has 0 heterocycles. The van der Waals surface area contributed by atoms with E-state index >= 15 is 0 Å². The monoisotopic (exact) mass is 259 g/mol. The van der Waals surface area contributed by atoms with Crippen molar-refractivity contribution in [3.63, 3.8) is 0 Å². The third-order valence-corrected chi connectivity index (χ3v) is 4.58. The molecule has 1 aromatic rings. The van der Waals surface area contributed by atoms with Crippen LogP contribution in [0.5, 0.6) is 0 Å². The Hall–Kier alpha value is -1.35. The van der Waals surface area contributed by atoms with Gasteiger partial charge in [0.25, 0.3) is 0 Å². The number of nitrogens with zero attached hydrogens (tertiary/aromatic N) is 1. The minimum atomic E-state index is -0.252. The molecule has 0 saturated heterocycles. The molecule has 2 fully saturated rings. The van der Waals surface area contributed by atoms with Crippen LogP contribution in [-0.2, 0) is 10.2 Å². The summed E-state index contributed by atoms with van der Waals surface area (Å²) in [5, 5.41) is 9.32. The number of benzene rings is 1. The van der Waals surface area contributed by atoms with Crippen LogP contribution < -0.4 is 0 Å². The molecule has 0 spiro atoms. The Balaban J connectivity index is 1.66. The third-order valence-electron chi connectivity index (χ3n) is 4.58. The lowest BCUT2D eigenvalue weighted by molar-refractivity contribution is -0.134. The molecule has 2 saturated carbocycles. The van der Waals surface area contributed by atoms with E-state index in [4.69, 9.17) is 0 Å². The van der Waals surface area contributed by atoms with Crippen LogP contribution in [0, 0.1) is 5.92 Å². The van der Waals surface area contributed by atoms with Crippen molar-refractivity contribution >= 4 is 5.91 Å². The number of aliphatic hydroxyl groups excluding tert-OH is 1. The van der Waals surface area contributed by atoms with Crippen LogP contribution in [0.4, 0.5) is 0 Å². The Labute approximate surface area is 114 Å². The smallest absolute Gasteiger partial charge is 0.232 e. The molecule has 0 bridgehead atoms. The zero-order chi connectivity index (χ0) is 13.5. The number of hydrogen-bond acceptors (Lipinski definition) is 2. The lowest BCUT2D eigenvalue weighted by atomic mass is 9.82. The number of amides is 1. The molecule has 102 valence electrons. The topological polar surface area (TPSA) is 40.5 Å². The third kappa shape index (κ3) is 2.27. The minimum absolute atomic E-state index is 0.141. The average molecular weight is 259 g/mol. The van der Waals surface area contributed by atoms with Crippen molar-refractivity contribution in [2.75, 3.05) is 13.6 Å². The summed E-state index contributed by atoms with van der Waals surface area (Å²) in [5.41, 5.74) is 0.902. The van der Waals surface area contributed by atoms with Crippen LogP contribution in [0.25, 0.3) is 0 Å². The van der Waals surface area contributed by atoms with Gasteiger partial charge in [-0.05, 0) is 37.2 Å². The SMILES string of the molecule is CN(CC1CC(O)C1)C(=O)C1(c2ccccc2)CC1. The van der Waals surface area contributed by atoms with Crippen LogP contribution in [-0.4, -0.2) is 35.6 Å². The van der Waals surface area contributed by atoms with E-state index in [2.05, 4.69) is 12.1 Å². The number of carbonyl (C=O) groups excluding carboxylic acids is 1. The van der Waals surface area contributed by atoms with Gasteiger partial charge in [0, 0.05) is 13.6 Å². The normalized spacial score (nSPS) is 27.5. The Kier molecular flexibility index (Phi) is 3.09. The maximum absolute atomic E-state index is 12.6. The van der Waals surface area contributed by atoms with Gasteiger partial charge in [0.05, 0.1) is 11.5 Å². The molecule has 1 amide bonds. The highest BCUT2D eigenvalue weighted by Crippen LogP contribution is 2.49. The maximum Gasteiger partial charge on any atom is 0.232 e. The van der Waals surface area contributed by atoms with Crippen LogP contribution in [0.2, 0.25) is 0 Å². The molecule has 2 aliphatic rings. The summed E-state index contributed by atoms with van der Waals surface area (Å²) in [7, 11) is 1.90. The first-order valence-electron chi connectivity index (χ1n) is 7.11. The van der Waals surface area contributed by atoms with Gasteiger partial charge in [-0.15, -0.1) is 0 Å². The van der Waals surface area contributed by atoms with Crippen LogP contribution in [0.1, 0.15) is 31.2 Å². The highest BCUT2D eigenvalue weighted by molar-refractivity contribution is 5.91. The summed E-state index contributed by atoms with van der Waals surface area (Å²) in [6.07, 6.45) is 3.48. The van der Waals surface area contributed by atoms with Crippen LogP contribution >= 0.6 is 0 Å². The van der Waals surface area contributed by atoms with Crippen molar-refractivity contribution in [2.24, 2.45) is 5.92 Å². The van der Waals surface area contributed by atoms with Crippen LogP contribution in [0.3, 0.4) is 0 Å². The Bertz CT molecular complexity index is 461. The highest BCUT2D eigenvalue weighted by atomic mass is 16.3. The fourth-order valence-electron chi connectivity index (χ4n) is 3.19. The summed E-state index contributed by atoms with van der Waals surface area (Å²) in [5.74, 6) is 0.732. The highest BCUT2D eigenvalue weighted by Gasteiger charge is 2.52. The Morgan fingerprint density at radius 1 is 1.32 bits per heavy atom. The zero-order valence-electron chi connectivity index (χ0n) is 11.4. The molecular formula is C16H21NO2. The summed E-state index contributed by atoms with van der Waals surface area (Å²) < 4.78 is 0. The van der Waals surface area contributed by atoms with Gasteiger partial charge in [0.15, 0.2) is 0 Å². The fraction of sp³-hybridized carbons (Fsp3) is 0.562. The molecule has 0 atom stereocenters. The number of hydrogen-bond donors (Lipinski definition) is 1. The second-order valence-corrected chi connectivity index (χ2v) is 6.13. The fourth-order valence-corrected chi connectivity index (χ4v) is 3.19. The van der Waals surface area contributed by atoms with E-state index < -0.39 is 0 Å². The van der Waals surface area contributed by atoms with Gasteiger partial charge in [-0.25, -0.2) is 0 Å². The van der Waals surface area contributed by atoms with Gasteiger partial charge in [-0.1, -0.05) is 30.3 Å². The molecule has 0 radical (unpaired) electrons. The predicted octanol–water partition coefficient (Wildman–Crippen LogP) is 1.95.